The van der Waals surface area contributed by atoms with Crippen LogP contribution < -0.4 is 14.4 Å². The summed E-state index contributed by atoms with van der Waals surface area (Å²) in [6.45, 7) is 3.75. The number of ether oxygens (including phenoxy) is 3. The number of methoxy groups -OCH3 is 1. The molecular weight excluding hydrogens is 549 g/mol. The molecule has 1 heterocycles. The Kier molecular flexibility index (Phi) is 7.95. The summed E-state index contributed by atoms with van der Waals surface area (Å²) in [6, 6.07) is 11.2. The van der Waals surface area contributed by atoms with Crippen molar-refractivity contribution in [2.45, 2.75) is 13.8 Å². The monoisotopic (exact) mass is 569 g/mol. The Hall–Kier alpha value is -2.11. The van der Waals surface area contributed by atoms with Crippen molar-refractivity contribution < 1.29 is 23.8 Å². The number of benzene rings is 2. The molecule has 0 spiro atoms. The van der Waals surface area contributed by atoms with E-state index < -0.39 is 5.97 Å². The van der Waals surface area contributed by atoms with Crippen molar-refractivity contribution in [3.63, 3.8) is 0 Å². The minimum atomic E-state index is -0.454. The van der Waals surface area contributed by atoms with Gasteiger partial charge in [-0.3, -0.25) is 9.69 Å². The first-order chi connectivity index (χ1) is 14.8. The van der Waals surface area contributed by atoms with Crippen LogP contribution in [0.5, 0.6) is 11.5 Å². The zero-order valence-corrected chi connectivity index (χ0v) is 20.9. The molecule has 1 aliphatic heterocycles. The Morgan fingerprint density at radius 3 is 2.71 bits per heavy atom. The first kappa shape index (κ1) is 23.6. The second kappa shape index (κ2) is 10.5. The number of rotatable bonds is 7. The molecule has 2 aromatic rings. The second-order valence-corrected chi connectivity index (χ2v) is 9.27. The van der Waals surface area contributed by atoms with Gasteiger partial charge in [-0.05, 0) is 71.8 Å². The summed E-state index contributed by atoms with van der Waals surface area (Å²) in [6.07, 6.45) is 1.78. The molecule has 0 radical (unpaired) electrons. The van der Waals surface area contributed by atoms with Crippen molar-refractivity contribution in [3.05, 3.63) is 56.0 Å². The lowest BCUT2D eigenvalue weighted by Gasteiger charge is -2.16. The zero-order valence-electron chi connectivity index (χ0n) is 17.1. The number of amides is 1. The van der Waals surface area contributed by atoms with Crippen LogP contribution in [0.3, 0.4) is 0 Å². The number of halogens is 1. The molecule has 0 N–H and O–H groups in total. The van der Waals surface area contributed by atoms with Gasteiger partial charge in [0.1, 0.15) is 0 Å². The molecule has 0 bridgehead atoms. The number of esters is 1. The Morgan fingerprint density at radius 1 is 1.29 bits per heavy atom. The van der Waals surface area contributed by atoms with Crippen LogP contribution in [0.25, 0.3) is 6.08 Å². The summed E-state index contributed by atoms with van der Waals surface area (Å²) < 4.78 is 17.2. The molecule has 0 aromatic heterocycles. The van der Waals surface area contributed by atoms with E-state index in [1.807, 2.05) is 37.3 Å². The summed E-state index contributed by atoms with van der Waals surface area (Å²) in [5.41, 5.74) is 2.51. The highest BCUT2D eigenvalue weighted by Crippen LogP contribution is 2.39. The van der Waals surface area contributed by atoms with Gasteiger partial charge in [0.05, 0.1) is 27.9 Å². The minimum Gasteiger partial charge on any atom is -0.493 e. The highest BCUT2D eigenvalue weighted by molar-refractivity contribution is 14.1. The van der Waals surface area contributed by atoms with Crippen molar-refractivity contribution in [1.29, 1.82) is 0 Å². The Bertz CT molecular complexity index is 1070. The molecule has 1 aliphatic rings. The number of aryl methyl sites for hydroxylation is 1. The fourth-order valence-corrected chi connectivity index (χ4v) is 5.00. The fraction of sp³-hybridized carbons (Fsp3) is 0.227. The van der Waals surface area contributed by atoms with E-state index in [9.17, 15) is 9.59 Å². The number of hydrogen-bond donors (Lipinski definition) is 0. The number of carbonyl (C=O) groups excluding carboxylic acids is 2. The lowest BCUT2D eigenvalue weighted by Crippen LogP contribution is -2.28. The molecule has 0 aliphatic carbocycles. The van der Waals surface area contributed by atoms with Crippen molar-refractivity contribution in [2.24, 2.45) is 0 Å². The van der Waals surface area contributed by atoms with Gasteiger partial charge in [-0.1, -0.05) is 42.2 Å². The number of para-hydroxylation sites is 1. The third kappa shape index (κ3) is 5.39. The summed E-state index contributed by atoms with van der Waals surface area (Å²) >= 11 is 8.82. The largest absolute Gasteiger partial charge is 0.493 e. The number of thioether (sulfide) groups is 1. The van der Waals surface area contributed by atoms with Gasteiger partial charge in [0, 0.05) is 0 Å². The lowest BCUT2D eigenvalue weighted by molar-refractivity contribution is -0.145. The predicted molar refractivity (Wildman–Crippen MR) is 135 cm³/mol. The average molecular weight is 569 g/mol. The van der Waals surface area contributed by atoms with Gasteiger partial charge in [0.2, 0.25) is 0 Å². The van der Waals surface area contributed by atoms with Crippen LogP contribution in [0.2, 0.25) is 0 Å². The Labute approximate surface area is 204 Å². The summed E-state index contributed by atoms with van der Waals surface area (Å²) in [5.74, 6) is 0.280. The fourth-order valence-electron chi connectivity index (χ4n) is 2.94. The van der Waals surface area contributed by atoms with Crippen molar-refractivity contribution >= 4 is 74.5 Å². The van der Waals surface area contributed by atoms with E-state index in [0.29, 0.717) is 20.7 Å². The molecule has 2 aromatic carbocycles. The van der Waals surface area contributed by atoms with Gasteiger partial charge in [-0.25, -0.2) is 4.79 Å². The van der Waals surface area contributed by atoms with Crippen LogP contribution >= 0.6 is 46.6 Å². The molecule has 0 atom stereocenters. The van der Waals surface area contributed by atoms with E-state index in [-0.39, 0.29) is 19.1 Å². The molecule has 1 saturated heterocycles. The minimum absolute atomic E-state index is 0.166. The van der Waals surface area contributed by atoms with Crippen LogP contribution in [0, 0.1) is 10.5 Å². The quantitative estimate of drug-likeness (QED) is 0.202. The smallest absolute Gasteiger partial charge is 0.344 e. The van der Waals surface area contributed by atoms with Crippen molar-refractivity contribution in [2.75, 3.05) is 25.2 Å². The maximum atomic E-state index is 13.1. The van der Waals surface area contributed by atoms with Gasteiger partial charge in [0.15, 0.2) is 22.4 Å². The third-order valence-electron chi connectivity index (χ3n) is 4.34. The number of thiocarbonyl (C=S) groups is 1. The number of hydrogen-bond acceptors (Lipinski definition) is 7. The summed E-state index contributed by atoms with van der Waals surface area (Å²) in [4.78, 5) is 26.7. The molecule has 31 heavy (non-hydrogen) atoms. The molecule has 6 nitrogen and oxygen atoms in total. The second-order valence-electron chi connectivity index (χ2n) is 6.43. The molecule has 162 valence electrons. The number of carbonyl (C=O) groups is 2. The van der Waals surface area contributed by atoms with Crippen LogP contribution in [0.4, 0.5) is 5.69 Å². The maximum absolute atomic E-state index is 13.1. The first-order valence-corrected chi connectivity index (χ1v) is 11.7. The first-order valence-electron chi connectivity index (χ1n) is 9.35. The predicted octanol–water partition coefficient (Wildman–Crippen LogP) is 4.96. The highest BCUT2D eigenvalue weighted by atomic mass is 127. The highest BCUT2D eigenvalue weighted by Gasteiger charge is 2.34. The van der Waals surface area contributed by atoms with E-state index >= 15 is 0 Å². The summed E-state index contributed by atoms with van der Waals surface area (Å²) in [5, 5.41) is 0. The van der Waals surface area contributed by atoms with Crippen molar-refractivity contribution in [1.82, 2.24) is 0 Å². The van der Waals surface area contributed by atoms with Gasteiger partial charge in [0.25, 0.3) is 5.91 Å². The van der Waals surface area contributed by atoms with E-state index in [2.05, 4.69) is 22.6 Å². The zero-order chi connectivity index (χ0) is 22.5. The normalized spacial score (nSPS) is 14.8. The van der Waals surface area contributed by atoms with Crippen LogP contribution in [0.15, 0.2) is 41.3 Å². The Morgan fingerprint density at radius 2 is 2.03 bits per heavy atom. The molecule has 1 amide bonds. The molecule has 0 saturated carbocycles. The summed E-state index contributed by atoms with van der Waals surface area (Å²) in [7, 11) is 1.52. The van der Waals surface area contributed by atoms with Gasteiger partial charge < -0.3 is 14.2 Å². The van der Waals surface area contributed by atoms with E-state index in [4.69, 9.17) is 26.4 Å². The van der Waals surface area contributed by atoms with Crippen LogP contribution in [-0.2, 0) is 14.3 Å². The third-order valence-corrected chi connectivity index (χ3v) is 6.44. The average Bonchev–Trinajstić information content (AvgIpc) is 3.00. The van der Waals surface area contributed by atoms with E-state index in [1.54, 1.807) is 24.0 Å². The molecular formula is C22H20INO5S2. The van der Waals surface area contributed by atoms with E-state index in [1.165, 1.54) is 18.9 Å². The van der Waals surface area contributed by atoms with Crippen LogP contribution in [-0.4, -0.2) is 36.5 Å². The number of nitrogens with zero attached hydrogens (tertiary/aromatic N) is 1. The van der Waals surface area contributed by atoms with Crippen LogP contribution in [0.1, 0.15) is 18.1 Å². The lowest BCUT2D eigenvalue weighted by atomic mass is 10.1. The van der Waals surface area contributed by atoms with Gasteiger partial charge >= 0.3 is 5.97 Å². The topological polar surface area (TPSA) is 65.1 Å². The van der Waals surface area contributed by atoms with Crippen molar-refractivity contribution in [3.8, 4) is 11.5 Å². The standard InChI is InChI=1S/C22H20INO5S2/c1-4-28-19(25)12-29-20-15(23)9-14(10-17(20)27-3)11-18-21(26)24(22(30)31-18)16-8-6-5-7-13(16)2/h5-11H,4,12H2,1-3H3. The number of anilines is 1. The molecule has 3 rings (SSSR count). The molecule has 0 unspecified atom stereocenters. The SMILES string of the molecule is CCOC(=O)COc1c(I)cc(C=C2SC(=S)N(c3ccccc3C)C2=O)cc1OC. The Balaban J connectivity index is 1.87. The molecule has 9 heteroatoms. The van der Waals surface area contributed by atoms with Gasteiger partial charge in [-0.2, -0.15) is 0 Å². The maximum Gasteiger partial charge on any atom is 0.344 e. The molecule has 1 fully saturated rings. The van der Waals surface area contributed by atoms with E-state index in [0.717, 1.165) is 20.4 Å². The van der Waals surface area contributed by atoms with Gasteiger partial charge in [-0.15, -0.1) is 0 Å².